The van der Waals surface area contributed by atoms with Gasteiger partial charge in [0.15, 0.2) is 0 Å². The molecule has 2 N–H and O–H groups in total. The fourth-order valence-electron chi connectivity index (χ4n) is 0.821. The van der Waals surface area contributed by atoms with Crippen LogP contribution in [0, 0.1) is 0 Å². The van der Waals surface area contributed by atoms with E-state index in [-0.39, 0.29) is 0 Å². The van der Waals surface area contributed by atoms with Gasteiger partial charge in [-0.05, 0) is 12.5 Å². The van der Waals surface area contributed by atoms with Crippen molar-refractivity contribution in [1.82, 2.24) is 0 Å². The molecule has 0 aliphatic rings. The van der Waals surface area contributed by atoms with Crippen molar-refractivity contribution < 1.29 is 4.42 Å². The topological polar surface area (TPSA) is 39.2 Å². The van der Waals surface area contributed by atoms with Crippen LogP contribution in [0.1, 0.15) is 18.9 Å². The highest BCUT2D eigenvalue weighted by molar-refractivity contribution is 7.98. The zero-order valence-electron chi connectivity index (χ0n) is 7.32. The average molecular weight is 185 g/mol. The van der Waals surface area contributed by atoms with Gasteiger partial charge in [0.05, 0.1) is 12.5 Å². The van der Waals surface area contributed by atoms with Crippen molar-refractivity contribution in [3.8, 4) is 0 Å². The SMILES string of the molecule is CCC(N)CSCc1ccoc1. The van der Waals surface area contributed by atoms with E-state index in [4.69, 9.17) is 10.2 Å². The minimum Gasteiger partial charge on any atom is -0.472 e. The van der Waals surface area contributed by atoms with E-state index in [1.54, 1.807) is 12.5 Å². The van der Waals surface area contributed by atoms with Crippen molar-refractivity contribution >= 4 is 11.8 Å². The minimum absolute atomic E-state index is 0.335. The second kappa shape index (κ2) is 5.27. The molecule has 0 spiro atoms. The van der Waals surface area contributed by atoms with E-state index < -0.39 is 0 Å². The molecule has 0 amide bonds. The lowest BCUT2D eigenvalue weighted by atomic mass is 10.3. The third-order valence-electron chi connectivity index (χ3n) is 1.71. The van der Waals surface area contributed by atoms with Crippen molar-refractivity contribution in [2.45, 2.75) is 25.1 Å². The van der Waals surface area contributed by atoms with E-state index in [1.807, 2.05) is 17.8 Å². The predicted molar refractivity (Wildman–Crippen MR) is 53.1 cm³/mol. The predicted octanol–water partition coefficient (Wildman–Crippen LogP) is 2.25. The van der Waals surface area contributed by atoms with Crippen molar-refractivity contribution in [3.63, 3.8) is 0 Å². The number of furan rings is 1. The number of hydrogen-bond donors (Lipinski definition) is 1. The van der Waals surface area contributed by atoms with Gasteiger partial charge in [0.2, 0.25) is 0 Å². The zero-order valence-corrected chi connectivity index (χ0v) is 8.14. The Kier molecular flexibility index (Phi) is 4.25. The summed E-state index contributed by atoms with van der Waals surface area (Å²) in [5, 5.41) is 0. The molecule has 12 heavy (non-hydrogen) atoms. The van der Waals surface area contributed by atoms with Crippen LogP contribution in [0.5, 0.6) is 0 Å². The lowest BCUT2D eigenvalue weighted by Crippen LogP contribution is -2.21. The fraction of sp³-hybridized carbons (Fsp3) is 0.556. The van der Waals surface area contributed by atoms with Crippen molar-refractivity contribution in [2.75, 3.05) is 5.75 Å². The van der Waals surface area contributed by atoms with Gasteiger partial charge in [-0.1, -0.05) is 6.92 Å². The highest BCUT2D eigenvalue weighted by Gasteiger charge is 1.99. The van der Waals surface area contributed by atoms with E-state index in [2.05, 4.69) is 6.92 Å². The van der Waals surface area contributed by atoms with Gasteiger partial charge in [0, 0.05) is 23.1 Å². The summed E-state index contributed by atoms with van der Waals surface area (Å²) in [5.41, 5.74) is 7.01. The van der Waals surface area contributed by atoms with Gasteiger partial charge in [-0.15, -0.1) is 0 Å². The average Bonchev–Trinajstić information content (AvgIpc) is 2.57. The molecule has 0 aliphatic heterocycles. The molecule has 0 aromatic carbocycles. The van der Waals surface area contributed by atoms with Crippen LogP contribution in [0.2, 0.25) is 0 Å². The lowest BCUT2D eigenvalue weighted by Gasteiger charge is -2.06. The van der Waals surface area contributed by atoms with Crippen LogP contribution in [0.15, 0.2) is 23.0 Å². The molecule has 0 aliphatic carbocycles. The van der Waals surface area contributed by atoms with E-state index in [1.165, 1.54) is 5.56 Å². The van der Waals surface area contributed by atoms with Crippen LogP contribution in [-0.4, -0.2) is 11.8 Å². The first-order chi connectivity index (χ1) is 5.83. The number of nitrogens with two attached hydrogens (primary N) is 1. The molecule has 1 unspecified atom stereocenters. The Bertz CT molecular complexity index is 198. The van der Waals surface area contributed by atoms with Gasteiger partial charge in [-0.2, -0.15) is 11.8 Å². The van der Waals surface area contributed by atoms with Crippen molar-refractivity contribution in [2.24, 2.45) is 5.73 Å². The monoisotopic (exact) mass is 185 g/mol. The van der Waals surface area contributed by atoms with E-state index >= 15 is 0 Å². The number of rotatable bonds is 5. The highest BCUT2D eigenvalue weighted by atomic mass is 32.2. The van der Waals surface area contributed by atoms with Crippen LogP contribution in [-0.2, 0) is 5.75 Å². The molecule has 1 heterocycles. The van der Waals surface area contributed by atoms with Crippen LogP contribution in [0.4, 0.5) is 0 Å². The van der Waals surface area contributed by atoms with Gasteiger partial charge in [0.1, 0.15) is 0 Å². The number of thioether (sulfide) groups is 1. The smallest absolute Gasteiger partial charge is 0.0942 e. The molecule has 0 saturated carbocycles. The molecule has 1 aromatic rings. The Labute approximate surface area is 77.5 Å². The van der Waals surface area contributed by atoms with Gasteiger partial charge in [-0.3, -0.25) is 0 Å². The molecule has 0 fully saturated rings. The molecular weight excluding hydrogens is 170 g/mol. The van der Waals surface area contributed by atoms with Crippen molar-refractivity contribution in [1.29, 1.82) is 0 Å². The maximum atomic E-state index is 5.77. The molecule has 68 valence electrons. The Balaban J connectivity index is 2.11. The van der Waals surface area contributed by atoms with E-state index in [0.29, 0.717) is 6.04 Å². The maximum absolute atomic E-state index is 5.77. The summed E-state index contributed by atoms with van der Waals surface area (Å²) in [4.78, 5) is 0. The quantitative estimate of drug-likeness (QED) is 0.764. The van der Waals surface area contributed by atoms with Crippen LogP contribution < -0.4 is 5.73 Å². The number of hydrogen-bond acceptors (Lipinski definition) is 3. The molecule has 2 nitrogen and oxygen atoms in total. The molecule has 0 saturated heterocycles. The fourth-order valence-corrected chi connectivity index (χ4v) is 1.88. The van der Waals surface area contributed by atoms with E-state index in [9.17, 15) is 0 Å². The lowest BCUT2D eigenvalue weighted by molar-refractivity contribution is 0.565. The molecule has 3 heteroatoms. The van der Waals surface area contributed by atoms with E-state index in [0.717, 1.165) is 17.9 Å². The third kappa shape index (κ3) is 3.32. The summed E-state index contributed by atoms with van der Waals surface area (Å²) in [6.45, 7) is 2.11. The second-order valence-corrected chi connectivity index (χ2v) is 3.85. The minimum atomic E-state index is 0.335. The Hall–Kier alpha value is -0.410. The molecular formula is C9H15NOS. The standard InChI is InChI=1S/C9H15NOS/c1-2-9(10)7-12-6-8-3-4-11-5-8/h3-5,9H,2,6-7,10H2,1H3. The Morgan fingerprint density at radius 3 is 3.08 bits per heavy atom. The molecule has 0 bridgehead atoms. The Morgan fingerprint density at radius 2 is 2.50 bits per heavy atom. The first-order valence-electron chi connectivity index (χ1n) is 4.17. The summed E-state index contributed by atoms with van der Waals surface area (Å²) in [6, 6.07) is 2.33. The third-order valence-corrected chi connectivity index (χ3v) is 2.91. The summed E-state index contributed by atoms with van der Waals surface area (Å²) in [6.07, 6.45) is 4.54. The molecule has 0 radical (unpaired) electrons. The van der Waals surface area contributed by atoms with Gasteiger partial charge < -0.3 is 10.2 Å². The normalized spacial score (nSPS) is 13.2. The van der Waals surface area contributed by atoms with Gasteiger partial charge in [-0.25, -0.2) is 0 Å². The summed E-state index contributed by atoms with van der Waals surface area (Å²) >= 11 is 1.86. The maximum Gasteiger partial charge on any atom is 0.0942 e. The first kappa shape index (κ1) is 9.68. The summed E-state index contributed by atoms with van der Waals surface area (Å²) in [7, 11) is 0. The highest BCUT2D eigenvalue weighted by Crippen LogP contribution is 2.13. The molecule has 1 aromatic heterocycles. The van der Waals surface area contributed by atoms with Crippen LogP contribution in [0.25, 0.3) is 0 Å². The second-order valence-electron chi connectivity index (χ2n) is 2.82. The molecule has 1 atom stereocenters. The summed E-state index contributed by atoms with van der Waals surface area (Å²) < 4.78 is 4.95. The molecule has 1 rings (SSSR count). The van der Waals surface area contributed by atoms with Gasteiger partial charge in [0.25, 0.3) is 0 Å². The van der Waals surface area contributed by atoms with Crippen molar-refractivity contribution in [3.05, 3.63) is 24.2 Å². The zero-order chi connectivity index (χ0) is 8.81. The largest absolute Gasteiger partial charge is 0.472 e. The summed E-state index contributed by atoms with van der Waals surface area (Å²) in [5.74, 6) is 2.03. The Morgan fingerprint density at radius 1 is 1.67 bits per heavy atom. The van der Waals surface area contributed by atoms with Gasteiger partial charge >= 0.3 is 0 Å². The van der Waals surface area contributed by atoms with Crippen LogP contribution in [0.3, 0.4) is 0 Å². The first-order valence-corrected chi connectivity index (χ1v) is 5.32. The van der Waals surface area contributed by atoms with Crippen LogP contribution >= 0.6 is 11.8 Å².